The zero-order valence-electron chi connectivity index (χ0n) is 4.79. The van der Waals surface area contributed by atoms with Crippen molar-refractivity contribution in [2.45, 2.75) is 6.42 Å². The predicted octanol–water partition coefficient (Wildman–Crippen LogP) is 0.653. The molecule has 0 aliphatic heterocycles. The molecule has 1 aromatic heterocycles. The minimum atomic E-state index is 0.582. The zero-order chi connectivity index (χ0) is 6.53. The van der Waals surface area contributed by atoms with Crippen LogP contribution in [0.15, 0.2) is 12.3 Å². The van der Waals surface area contributed by atoms with Crippen molar-refractivity contribution in [2.24, 2.45) is 0 Å². The smallest absolute Gasteiger partial charge is 0.0676 e. The summed E-state index contributed by atoms with van der Waals surface area (Å²) in [5.74, 6) is 0.582. The molecule has 0 saturated carbocycles. The highest BCUT2D eigenvalue weighted by atomic mass is 35.5. The van der Waals surface area contributed by atoms with Crippen LogP contribution in [0.5, 0.6) is 0 Å². The number of aryl methyl sites for hydroxylation is 1. The lowest BCUT2D eigenvalue weighted by Crippen LogP contribution is -1.94. The van der Waals surface area contributed by atoms with Gasteiger partial charge in [-0.25, -0.2) is 0 Å². The Kier molecular flexibility index (Phi) is 2.39. The largest absolute Gasteiger partial charge is 0.139 e. The number of rotatable bonds is 2. The molecule has 0 aromatic carbocycles. The third kappa shape index (κ3) is 1.93. The fourth-order valence-corrected chi connectivity index (χ4v) is 0.690. The quantitative estimate of drug-likeness (QED) is 0.571. The van der Waals surface area contributed by atoms with Crippen molar-refractivity contribution < 1.29 is 0 Å². The third-order valence-electron chi connectivity index (χ3n) is 0.909. The highest BCUT2D eigenvalue weighted by Crippen LogP contribution is 1.91. The summed E-state index contributed by atoms with van der Waals surface area (Å²) in [5.41, 5.74) is 0.889. The Labute approximate surface area is 58.1 Å². The van der Waals surface area contributed by atoms with E-state index in [-0.39, 0.29) is 0 Å². The van der Waals surface area contributed by atoms with Crippen molar-refractivity contribution in [1.82, 2.24) is 15.4 Å². The van der Waals surface area contributed by atoms with Gasteiger partial charge in [0.25, 0.3) is 0 Å². The summed E-state index contributed by atoms with van der Waals surface area (Å²) in [5, 5.41) is 10.7. The first-order valence-electron chi connectivity index (χ1n) is 2.62. The standard InChI is InChI=1S/C5H6ClN3/c6-3-1-5-2-4-7-9-8-5/h2,4H,1,3H2. The monoisotopic (exact) mass is 143 g/mol. The fraction of sp³-hybridized carbons (Fsp3) is 0.400. The molecule has 3 nitrogen and oxygen atoms in total. The van der Waals surface area contributed by atoms with Crippen LogP contribution in [0, 0.1) is 0 Å². The van der Waals surface area contributed by atoms with Gasteiger partial charge in [-0.05, 0) is 11.3 Å². The molecule has 0 N–H and O–H groups in total. The van der Waals surface area contributed by atoms with Gasteiger partial charge in [0.15, 0.2) is 0 Å². The molecule has 0 saturated heterocycles. The highest BCUT2D eigenvalue weighted by molar-refractivity contribution is 6.17. The molecule has 1 rings (SSSR count). The van der Waals surface area contributed by atoms with Gasteiger partial charge < -0.3 is 0 Å². The van der Waals surface area contributed by atoms with E-state index in [0.717, 1.165) is 12.1 Å². The zero-order valence-corrected chi connectivity index (χ0v) is 5.54. The number of hydrogen-bond donors (Lipinski definition) is 0. The molecule has 9 heavy (non-hydrogen) atoms. The average molecular weight is 144 g/mol. The summed E-state index contributed by atoms with van der Waals surface area (Å²) in [6.07, 6.45) is 2.37. The summed E-state index contributed by atoms with van der Waals surface area (Å²) in [6.45, 7) is 0. The Hall–Kier alpha value is -0.700. The van der Waals surface area contributed by atoms with E-state index in [9.17, 15) is 0 Å². The van der Waals surface area contributed by atoms with Crippen LogP contribution in [-0.4, -0.2) is 21.3 Å². The Morgan fingerprint density at radius 2 is 2.44 bits per heavy atom. The van der Waals surface area contributed by atoms with E-state index in [2.05, 4.69) is 15.4 Å². The van der Waals surface area contributed by atoms with Crippen molar-refractivity contribution in [1.29, 1.82) is 0 Å². The fourth-order valence-electron chi connectivity index (χ4n) is 0.496. The normalized spacial score (nSPS) is 9.44. The lowest BCUT2D eigenvalue weighted by atomic mass is 10.3. The molecule has 0 aliphatic rings. The number of nitrogens with zero attached hydrogens (tertiary/aromatic N) is 3. The maximum atomic E-state index is 5.45. The number of halogens is 1. The Bertz CT molecular complexity index is 165. The van der Waals surface area contributed by atoms with Gasteiger partial charge in [-0.15, -0.1) is 21.8 Å². The molecular weight excluding hydrogens is 138 g/mol. The molecule has 0 radical (unpaired) electrons. The molecule has 0 bridgehead atoms. The average Bonchev–Trinajstić information content (AvgIpc) is 1.91. The molecule has 48 valence electrons. The van der Waals surface area contributed by atoms with Crippen LogP contribution in [-0.2, 0) is 6.42 Å². The van der Waals surface area contributed by atoms with Gasteiger partial charge in [0.1, 0.15) is 0 Å². The lowest BCUT2D eigenvalue weighted by molar-refractivity contribution is 0.814. The molecule has 4 heteroatoms. The van der Waals surface area contributed by atoms with Crippen LogP contribution >= 0.6 is 11.6 Å². The van der Waals surface area contributed by atoms with Crippen LogP contribution in [0.2, 0.25) is 0 Å². The summed E-state index contributed by atoms with van der Waals surface area (Å²) in [6, 6.07) is 1.80. The SMILES string of the molecule is ClCCc1ccnnn1. The number of hydrogen-bond acceptors (Lipinski definition) is 3. The number of alkyl halides is 1. The van der Waals surface area contributed by atoms with E-state index in [0.29, 0.717) is 5.88 Å². The molecular formula is C5H6ClN3. The Morgan fingerprint density at radius 1 is 1.56 bits per heavy atom. The van der Waals surface area contributed by atoms with Gasteiger partial charge in [-0.3, -0.25) is 0 Å². The van der Waals surface area contributed by atoms with Crippen LogP contribution in [0.25, 0.3) is 0 Å². The molecule has 1 aromatic rings. The second-order valence-corrected chi connectivity index (χ2v) is 1.93. The van der Waals surface area contributed by atoms with Crippen molar-refractivity contribution in [3.8, 4) is 0 Å². The second kappa shape index (κ2) is 3.35. The van der Waals surface area contributed by atoms with Crippen molar-refractivity contribution >= 4 is 11.6 Å². The minimum Gasteiger partial charge on any atom is -0.139 e. The first kappa shape index (κ1) is 6.42. The van der Waals surface area contributed by atoms with Crippen LogP contribution < -0.4 is 0 Å². The molecule has 0 atom stereocenters. The third-order valence-corrected chi connectivity index (χ3v) is 1.10. The summed E-state index contributed by atoms with van der Waals surface area (Å²) < 4.78 is 0. The minimum absolute atomic E-state index is 0.582. The highest BCUT2D eigenvalue weighted by Gasteiger charge is 1.89. The summed E-state index contributed by atoms with van der Waals surface area (Å²) in [4.78, 5) is 0. The number of aromatic nitrogens is 3. The van der Waals surface area contributed by atoms with E-state index in [1.807, 2.05) is 0 Å². The summed E-state index contributed by atoms with van der Waals surface area (Å²) >= 11 is 5.45. The van der Waals surface area contributed by atoms with Crippen molar-refractivity contribution in [3.05, 3.63) is 18.0 Å². The second-order valence-electron chi connectivity index (χ2n) is 1.55. The molecule has 0 spiro atoms. The van der Waals surface area contributed by atoms with Crippen molar-refractivity contribution in [2.75, 3.05) is 5.88 Å². The van der Waals surface area contributed by atoms with Crippen LogP contribution in [0.4, 0.5) is 0 Å². The van der Waals surface area contributed by atoms with Gasteiger partial charge in [0.2, 0.25) is 0 Å². The molecule has 0 unspecified atom stereocenters. The Balaban J connectivity index is 2.61. The van der Waals surface area contributed by atoms with E-state index in [4.69, 9.17) is 11.6 Å². The van der Waals surface area contributed by atoms with Gasteiger partial charge in [-0.2, -0.15) is 0 Å². The van der Waals surface area contributed by atoms with Gasteiger partial charge >= 0.3 is 0 Å². The molecule has 0 aliphatic carbocycles. The van der Waals surface area contributed by atoms with Gasteiger partial charge in [0, 0.05) is 12.3 Å². The first-order valence-corrected chi connectivity index (χ1v) is 3.16. The van der Waals surface area contributed by atoms with E-state index >= 15 is 0 Å². The predicted molar refractivity (Wildman–Crippen MR) is 34.3 cm³/mol. The van der Waals surface area contributed by atoms with E-state index < -0.39 is 0 Å². The van der Waals surface area contributed by atoms with Gasteiger partial charge in [-0.1, -0.05) is 0 Å². The molecule has 0 fully saturated rings. The Morgan fingerprint density at radius 3 is 3.00 bits per heavy atom. The van der Waals surface area contributed by atoms with Gasteiger partial charge in [0.05, 0.1) is 11.9 Å². The maximum Gasteiger partial charge on any atom is 0.0676 e. The van der Waals surface area contributed by atoms with E-state index in [1.165, 1.54) is 0 Å². The topological polar surface area (TPSA) is 38.7 Å². The molecule has 1 heterocycles. The van der Waals surface area contributed by atoms with Crippen molar-refractivity contribution in [3.63, 3.8) is 0 Å². The maximum absolute atomic E-state index is 5.45. The van der Waals surface area contributed by atoms with E-state index in [1.54, 1.807) is 12.3 Å². The first-order chi connectivity index (χ1) is 4.43. The van der Waals surface area contributed by atoms with Crippen LogP contribution in [0.3, 0.4) is 0 Å². The lowest BCUT2D eigenvalue weighted by Gasteiger charge is -1.89. The summed E-state index contributed by atoms with van der Waals surface area (Å²) in [7, 11) is 0. The molecule has 0 amide bonds. The van der Waals surface area contributed by atoms with Crippen LogP contribution in [0.1, 0.15) is 5.69 Å².